The van der Waals surface area contributed by atoms with E-state index in [9.17, 15) is 9.59 Å². The fourth-order valence-electron chi connectivity index (χ4n) is 1.48. The van der Waals surface area contributed by atoms with E-state index < -0.39 is 18.0 Å². The Balaban J connectivity index is 3.61. The van der Waals surface area contributed by atoms with Crippen LogP contribution < -0.4 is 10.6 Å². The Hall–Kier alpha value is -0.990. The first-order chi connectivity index (χ1) is 10.1. The van der Waals surface area contributed by atoms with E-state index >= 15 is 0 Å². The highest BCUT2D eigenvalue weighted by molar-refractivity contribution is 7.98. The lowest BCUT2D eigenvalue weighted by atomic mass is 10.2. The predicted molar refractivity (Wildman–Crippen MR) is 82.9 cm³/mol. The Morgan fingerprint density at radius 2 is 2.00 bits per heavy atom. The number of carbonyl (C=O) groups is 2. The highest BCUT2D eigenvalue weighted by atomic mass is 32.2. The smallest absolute Gasteiger partial charge is 0.326 e. The van der Waals surface area contributed by atoms with Crippen molar-refractivity contribution in [1.82, 2.24) is 10.6 Å². The van der Waals surface area contributed by atoms with Crippen molar-refractivity contribution < 1.29 is 24.2 Å². The van der Waals surface area contributed by atoms with E-state index in [4.69, 9.17) is 14.6 Å². The molecule has 0 aliphatic carbocycles. The molecule has 124 valence electrons. The fourth-order valence-corrected chi connectivity index (χ4v) is 1.95. The predicted octanol–water partition coefficient (Wildman–Crippen LogP) is 0.935. The van der Waals surface area contributed by atoms with Gasteiger partial charge < -0.3 is 25.2 Å². The third-order valence-electron chi connectivity index (χ3n) is 2.65. The van der Waals surface area contributed by atoms with E-state index in [0.717, 1.165) is 12.8 Å². The number of hydrogen-bond acceptors (Lipinski definition) is 5. The average molecular weight is 322 g/mol. The van der Waals surface area contributed by atoms with Crippen LogP contribution in [0.1, 0.15) is 19.3 Å². The molecule has 2 amide bonds. The summed E-state index contributed by atoms with van der Waals surface area (Å²) in [5.41, 5.74) is 0. The first-order valence-corrected chi connectivity index (χ1v) is 8.34. The van der Waals surface area contributed by atoms with Gasteiger partial charge in [0, 0.05) is 20.3 Å². The molecule has 0 spiro atoms. The van der Waals surface area contributed by atoms with Crippen molar-refractivity contribution in [2.45, 2.75) is 25.3 Å². The normalized spacial score (nSPS) is 11.9. The lowest BCUT2D eigenvalue weighted by Crippen LogP contribution is -2.46. The Bertz CT molecular complexity index is 292. The Morgan fingerprint density at radius 3 is 2.62 bits per heavy atom. The van der Waals surface area contributed by atoms with Crippen LogP contribution in [0.2, 0.25) is 0 Å². The van der Waals surface area contributed by atoms with Crippen molar-refractivity contribution in [2.75, 3.05) is 45.5 Å². The van der Waals surface area contributed by atoms with Gasteiger partial charge in [0.2, 0.25) is 0 Å². The van der Waals surface area contributed by atoms with Crippen molar-refractivity contribution >= 4 is 23.8 Å². The minimum atomic E-state index is -1.01. The third kappa shape index (κ3) is 12.5. The molecule has 0 rings (SSSR count). The van der Waals surface area contributed by atoms with E-state index in [-0.39, 0.29) is 0 Å². The number of rotatable bonds is 13. The number of amides is 2. The van der Waals surface area contributed by atoms with Crippen LogP contribution in [0.4, 0.5) is 4.79 Å². The molecule has 0 aromatic heterocycles. The largest absolute Gasteiger partial charge is 0.480 e. The summed E-state index contributed by atoms with van der Waals surface area (Å²) in [7, 11) is 1.62. The zero-order valence-electron chi connectivity index (χ0n) is 12.7. The number of nitrogens with one attached hydrogen (secondary N) is 2. The van der Waals surface area contributed by atoms with Gasteiger partial charge in [0.25, 0.3) is 0 Å². The number of carbonyl (C=O) groups excluding carboxylic acids is 1. The van der Waals surface area contributed by atoms with Gasteiger partial charge in [0.1, 0.15) is 6.04 Å². The highest BCUT2D eigenvalue weighted by Crippen LogP contribution is 2.00. The molecule has 0 unspecified atom stereocenters. The molecule has 0 bridgehead atoms. The van der Waals surface area contributed by atoms with E-state index in [2.05, 4.69) is 10.6 Å². The first-order valence-electron chi connectivity index (χ1n) is 6.94. The Morgan fingerprint density at radius 1 is 1.24 bits per heavy atom. The maximum atomic E-state index is 11.6. The quantitative estimate of drug-likeness (QED) is 0.437. The molecule has 0 heterocycles. The molecule has 0 saturated heterocycles. The Labute approximate surface area is 130 Å². The monoisotopic (exact) mass is 322 g/mol. The molecule has 0 aliphatic rings. The molecule has 0 radical (unpaired) electrons. The van der Waals surface area contributed by atoms with Crippen LogP contribution in [0, 0.1) is 0 Å². The van der Waals surface area contributed by atoms with E-state index in [1.807, 2.05) is 6.26 Å². The number of carboxylic acid groups (broad SMARTS) is 1. The number of methoxy groups -OCH3 is 1. The SMILES string of the molecule is COCCOCCCCNC(=O)N[C@@H](CCSC)C(=O)O. The molecule has 0 aliphatic heterocycles. The summed E-state index contributed by atoms with van der Waals surface area (Å²) >= 11 is 1.55. The third-order valence-corrected chi connectivity index (χ3v) is 3.29. The lowest BCUT2D eigenvalue weighted by Gasteiger charge is -2.14. The molecule has 21 heavy (non-hydrogen) atoms. The molecule has 0 aromatic carbocycles. The molecular formula is C13H26N2O5S. The van der Waals surface area contributed by atoms with Crippen molar-refractivity contribution in [3.8, 4) is 0 Å². The second-order valence-corrected chi connectivity index (χ2v) is 5.37. The van der Waals surface area contributed by atoms with Crippen LogP contribution in [-0.2, 0) is 14.3 Å². The minimum absolute atomic E-state index is 0.414. The molecule has 0 fully saturated rings. The summed E-state index contributed by atoms with van der Waals surface area (Å²) in [6.07, 6.45) is 3.92. The summed E-state index contributed by atoms with van der Waals surface area (Å²) in [4.78, 5) is 22.5. The van der Waals surface area contributed by atoms with E-state index in [1.54, 1.807) is 18.9 Å². The van der Waals surface area contributed by atoms with Gasteiger partial charge in [-0.2, -0.15) is 11.8 Å². The Kier molecular flexibility index (Phi) is 13.3. The molecule has 8 heteroatoms. The average Bonchev–Trinajstić information content (AvgIpc) is 2.46. The molecule has 0 aromatic rings. The molecule has 0 saturated carbocycles. The first kappa shape index (κ1) is 20.0. The summed E-state index contributed by atoms with van der Waals surface area (Å²) in [6.45, 7) is 2.26. The summed E-state index contributed by atoms with van der Waals surface area (Å²) in [5, 5.41) is 14.1. The summed E-state index contributed by atoms with van der Waals surface area (Å²) in [5.74, 6) is -0.318. The van der Waals surface area contributed by atoms with Crippen LogP contribution in [0.15, 0.2) is 0 Å². The minimum Gasteiger partial charge on any atom is -0.480 e. The standard InChI is InChI=1S/C13H26N2O5S/c1-19-8-9-20-7-4-3-6-14-13(18)15-11(12(16)17)5-10-21-2/h11H,3-10H2,1-2H3,(H,16,17)(H2,14,15,18)/t11-/m0/s1. The number of aliphatic carboxylic acids is 1. The maximum Gasteiger partial charge on any atom is 0.326 e. The zero-order valence-corrected chi connectivity index (χ0v) is 13.5. The van der Waals surface area contributed by atoms with Crippen molar-refractivity contribution in [3.05, 3.63) is 0 Å². The van der Waals surface area contributed by atoms with E-state index in [0.29, 0.717) is 38.5 Å². The number of urea groups is 1. The number of hydrogen-bond donors (Lipinski definition) is 3. The second-order valence-electron chi connectivity index (χ2n) is 4.38. The van der Waals surface area contributed by atoms with Gasteiger partial charge in [0.05, 0.1) is 13.2 Å². The van der Waals surface area contributed by atoms with Crippen LogP contribution in [-0.4, -0.2) is 68.6 Å². The van der Waals surface area contributed by atoms with Gasteiger partial charge in [-0.05, 0) is 31.3 Å². The zero-order chi connectivity index (χ0) is 15.9. The number of carboxylic acids is 1. The second kappa shape index (κ2) is 14.0. The van der Waals surface area contributed by atoms with Crippen molar-refractivity contribution in [2.24, 2.45) is 0 Å². The van der Waals surface area contributed by atoms with Crippen LogP contribution in [0.25, 0.3) is 0 Å². The molecular weight excluding hydrogens is 296 g/mol. The molecule has 1 atom stereocenters. The van der Waals surface area contributed by atoms with E-state index in [1.165, 1.54) is 0 Å². The fraction of sp³-hybridized carbons (Fsp3) is 0.846. The van der Waals surface area contributed by atoms with Crippen LogP contribution in [0.3, 0.4) is 0 Å². The van der Waals surface area contributed by atoms with Gasteiger partial charge in [-0.3, -0.25) is 0 Å². The van der Waals surface area contributed by atoms with Crippen molar-refractivity contribution in [1.29, 1.82) is 0 Å². The highest BCUT2D eigenvalue weighted by Gasteiger charge is 2.18. The number of ether oxygens (including phenoxy) is 2. The molecule has 7 nitrogen and oxygen atoms in total. The molecule has 3 N–H and O–H groups in total. The summed E-state index contributed by atoms with van der Waals surface area (Å²) < 4.78 is 10.1. The van der Waals surface area contributed by atoms with Crippen molar-refractivity contribution in [3.63, 3.8) is 0 Å². The van der Waals surface area contributed by atoms with Gasteiger partial charge in [-0.1, -0.05) is 0 Å². The summed E-state index contributed by atoms with van der Waals surface area (Å²) in [6, 6.07) is -1.28. The lowest BCUT2D eigenvalue weighted by molar-refractivity contribution is -0.139. The number of thioether (sulfide) groups is 1. The van der Waals surface area contributed by atoms with Gasteiger partial charge in [-0.15, -0.1) is 0 Å². The maximum absolute atomic E-state index is 11.6. The van der Waals surface area contributed by atoms with Crippen LogP contribution in [0.5, 0.6) is 0 Å². The topological polar surface area (TPSA) is 96.9 Å². The number of unbranched alkanes of at least 4 members (excludes halogenated alkanes) is 1. The van der Waals surface area contributed by atoms with Crippen LogP contribution >= 0.6 is 11.8 Å². The van der Waals surface area contributed by atoms with Gasteiger partial charge in [0.15, 0.2) is 0 Å². The van der Waals surface area contributed by atoms with Gasteiger partial charge in [-0.25, -0.2) is 9.59 Å². The van der Waals surface area contributed by atoms with Gasteiger partial charge >= 0.3 is 12.0 Å².